The Balaban J connectivity index is 1.23. The minimum Gasteiger partial charge on any atom is -0.356 e. The maximum atomic E-state index is 13.7. The summed E-state index contributed by atoms with van der Waals surface area (Å²) >= 11 is 0. The molecule has 3 heterocycles. The largest absolute Gasteiger partial charge is 0.417 e. The molecule has 0 bridgehead atoms. The van der Waals surface area contributed by atoms with Crippen LogP contribution in [0.4, 0.5) is 23.4 Å². The van der Waals surface area contributed by atoms with Gasteiger partial charge in [0.25, 0.3) is 0 Å². The van der Waals surface area contributed by atoms with Gasteiger partial charge in [-0.25, -0.2) is 9.37 Å². The summed E-state index contributed by atoms with van der Waals surface area (Å²) in [5.41, 5.74) is 0.236. The third kappa shape index (κ3) is 5.70. The van der Waals surface area contributed by atoms with Crippen LogP contribution < -0.4 is 10.2 Å². The zero-order valence-electron chi connectivity index (χ0n) is 18.4. The Morgan fingerprint density at radius 2 is 1.97 bits per heavy atom. The van der Waals surface area contributed by atoms with Crippen molar-refractivity contribution in [3.05, 3.63) is 59.4 Å². The molecule has 1 fully saturated rings. The average Bonchev–Trinajstić information content (AvgIpc) is 3.29. The molecule has 1 aliphatic rings. The number of rotatable bonds is 6. The van der Waals surface area contributed by atoms with Crippen molar-refractivity contribution in [1.29, 1.82) is 0 Å². The molecule has 0 saturated carbocycles. The molecule has 0 spiro atoms. The molecule has 11 heteroatoms. The number of pyridine rings is 1. The number of hydrogen-bond acceptors (Lipinski definition) is 6. The fraction of sp³-hybridized carbons (Fsp3) is 0.391. The highest BCUT2D eigenvalue weighted by atomic mass is 19.4. The summed E-state index contributed by atoms with van der Waals surface area (Å²) in [4.78, 5) is 22.4. The lowest BCUT2D eigenvalue weighted by molar-refractivity contribution is -0.137. The Bertz CT molecular complexity index is 1140. The topological polar surface area (TPSA) is 84.2 Å². The van der Waals surface area contributed by atoms with Gasteiger partial charge in [0.15, 0.2) is 0 Å². The maximum Gasteiger partial charge on any atom is 0.417 e. The number of nitrogens with one attached hydrogen (secondary N) is 1. The lowest BCUT2D eigenvalue weighted by Gasteiger charge is -2.33. The van der Waals surface area contributed by atoms with Gasteiger partial charge >= 0.3 is 6.18 Å². The number of halogens is 4. The fourth-order valence-electron chi connectivity index (χ4n) is 3.72. The highest BCUT2D eigenvalue weighted by molar-refractivity contribution is 5.76. The summed E-state index contributed by atoms with van der Waals surface area (Å²) < 4.78 is 57.0. The number of aromatic nitrogens is 3. The van der Waals surface area contributed by atoms with E-state index in [9.17, 15) is 22.4 Å². The van der Waals surface area contributed by atoms with Gasteiger partial charge in [0.1, 0.15) is 11.6 Å². The highest BCUT2D eigenvalue weighted by Gasteiger charge is 2.31. The Morgan fingerprint density at radius 3 is 2.62 bits per heavy atom. The Morgan fingerprint density at radius 1 is 1.21 bits per heavy atom. The van der Waals surface area contributed by atoms with E-state index in [1.807, 2.05) is 4.90 Å². The quantitative estimate of drug-likeness (QED) is 0.533. The van der Waals surface area contributed by atoms with Crippen molar-refractivity contribution < 1.29 is 26.9 Å². The number of nitrogens with zero attached hydrogens (tertiary/aromatic N) is 4. The van der Waals surface area contributed by atoms with Crippen LogP contribution in [0.1, 0.15) is 36.3 Å². The number of benzene rings is 1. The van der Waals surface area contributed by atoms with E-state index in [0.717, 1.165) is 12.3 Å². The molecule has 4 rings (SSSR count). The van der Waals surface area contributed by atoms with Crippen molar-refractivity contribution in [2.24, 2.45) is 0 Å². The molecule has 1 saturated heterocycles. The van der Waals surface area contributed by atoms with Crippen LogP contribution in [-0.4, -0.2) is 40.2 Å². The molecule has 1 aliphatic heterocycles. The lowest BCUT2D eigenvalue weighted by Crippen LogP contribution is -2.45. The first-order valence-electron chi connectivity index (χ1n) is 10.9. The zero-order chi connectivity index (χ0) is 24.3. The molecule has 0 radical (unpaired) electrons. The van der Waals surface area contributed by atoms with Gasteiger partial charge in [0.2, 0.25) is 17.6 Å². The predicted octanol–water partition coefficient (Wildman–Crippen LogP) is 4.32. The van der Waals surface area contributed by atoms with E-state index < -0.39 is 11.7 Å². The molecule has 34 heavy (non-hydrogen) atoms. The van der Waals surface area contributed by atoms with Crippen LogP contribution in [-0.2, 0) is 17.4 Å². The van der Waals surface area contributed by atoms with Crippen LogP contribution >= 0.6 is 0 Å². The van der Waals surface area contributed by atoms with Gasteiger partial charge in [0, 0.05) is 43.7 Å². The molecule has 0 unspecified atom stereocenters. The molecule has 1 N–H and O–H groups in total. The molecule has 2 aromatic heterocycles. The number of carbonyl (C=O) groups excluding carboxylic acids is 1. The Labute approximate surface area is 193 Å². The van der Waals surface area contributed by atoms with E-state index in [2.05, 4.69) is 20.4 Å². The predicted molar refractivity (Wildman–Crippen MR) is 115 cm³/mol. The van der Waals surface area contributed by atoms with Crippen molar-refractivity contribution in [3.63, 3.8) is 0 Å². The maximum absolute atomic E-state index is 13.7. The normalized spacial score (nSPS) is 14.9. The van der Waals surface area contributed by atoms with Crippen LogP contribution in [0, 0.1) is 12.7 Å². The van der Waals surface area contributed by atoms with E-state index in [4.69, 9.17) is 4.52 Å². The molecule has 7 nitrogen and oxygen atoms in total. The van der Waals surface area contributed by atoms with E-state index in [1.165, 1.54) is 12.1 Å². The van der Waals surface area contributed by atoms with Crippen LogP contribution in [0.25, 0.3) is 11.4 Å². The summed E-state index contributed by atoms with van der Waals surface area (Å²) in [5.74, 6) is 0.516. The summed E-state index contributed by atoms with van der Waals surface area (Å²) in [6.07, 6.45) is -1.87. The standard InChI is InChI=1S/C23H23F4N5O2/c1-14-2-3-15(12-18(14)24)22-30-21(34-31-22)7-6-20(33)29-17-8-10-32(11-9-17)19-5-4-16(13-28-19)23(25,26)27/h2-5,12-13,17H,6-11H2,1H3,(H,29,33). The molecular weight excluding hydrogens is 454 g/mol. The molecule has 1 amide bonds. The molecule has 0 atom stereocenters. The molecule has 0 aliphatic carbocycles. The minimum atomic E-state index is -4.41. The van der Waals surface area contributed by atoms with Crippen LogP contribution in [0.5, 0.6) is 0 Å². The molecule has 3 aromatic rings. The number of amides is 1. The number of hydrogen-bond donors (Lipinski definition) is 1. The third-order valence-corrected chi connectivity index (χ3v) is 5.72. The molecule has 1 aromatic carbocycles. The second kappa shape index (κ2) is 9.78. The van der Waals surface area contributed by atoms with Gasteiger partial charge in [-0.05, 0) is 43.5 Å². The smallest absolute Gasteiger partial charge is 0.356 e. The van der Waals surface area contributed by atoms with E-state index in [0.29, 0.717) is 42.9 Å². The van der Waals surface area contributed by atoms with Gasteiger partial charge < -0.3 is 14.7 Å². The first-order chi connectivity index (χ1) is 16.2. The summed E-state index contributed by atoms with van der Waals surface area (Å²) in [5, 5.41) is 6.82. The van der Waals surface area contributed by atoms with Crippen LogP contribution in [0.3, 0.4) is 0 Å². The summed E-state index contributed by atoms with van der Waals surface area (Å²) in [7, 11) is 0. The van der Waals surface area contributed by atoms with Gasteiger partial charge in [-0.15, -0.1) is 0 Å². The zero-order valence-corrected chi connectivity index (χ0v) is 18.4. The lowest BCUT2D eigenvalue weighted by atomic mass is 10.0. The summed E-state index contributed by atoms with van der Waals surface area (Å²) in [6.45, 7) is 2.81. The van der Waals surface area contributed by atoms with Gasteiger partial charge in [-0.3, -0.25) is 4.79 Å². The van der Waals surface area contributed by atoms with Gasteiger partial charge in [-0.2, -0.15) is 18.2 Å². The number of alkyl halides is 3. The fourth-order valence-corrected chi connectivity index (χ4v) is 3.72. The van der Waals surface area contributed by atoms with E-state index in [-0.39, 0.29) is 42.3 Å². The summed E-state index contributed by atoms with van der Waals surface area (Å²) in [6, 6.07) is 7.02. The van der Waals surface area contributed by atoms with Crippen molar-refractivity contribution >= 4 is 11.7 Å². The number of anilines is 1. The molecule has 180 valence electrons. The Kier molecular flexibility index (Phi) is 6.80. The Hall–Kier alpha value is -3.50. The van der Waals surface area contributed by atoms with E-state index in [1.54, 1.807) is 19.1 Å². The second-order valence-electron chi connectivity index (χ2n) is 8.21. The first-order valence-corrected chi connectivity index (χ1v) is 10.9. The van der Waals surface area contributed by atoms with Crippen molar-refractivity contribution in [1.82, 2.24) is 20.4 Å². The van der Waals surface area contributed by atoms with Crippen LogP contribution in [0.2, 0.25) is 0 Å². The SMILES string of the molecule is Cc1ccc(-c2noc(CCC(=O)NC3CCN(c4ccc(C(F)(F)F)cn4)CC3)n2)cc1F. The number of piperidine rings is 1. The van der Waals surface area contributed by atoms with E-state index >= 15 is 0 Å². The van der Waals surface area contributed by atoms with Crippen molar-refractivity contribution in [2.45, 2.75) is 44.8 Å². The van der Waals surface area contributed by atoms with Gasteiger partial charge in [-0.1, -0.05) is 17.3 Å². The minimum absolute atomic E-state index is 0.0352. The second-order valence-corrected chi connectivity index (χ2v) is 8.21. The average molecular weight is 477 g/mol. The number of aryl methyl sites for hydroxylation is 2. The van der Waals surface area contributed by atoms with Crippen molar-refractivity contribution in [2.75, 3.05) is 18.0 Å². The van der Waals surface area contributed by atoms with Gasteiger partial charge in [0.05, 0.1) is 5.56 Å². The highest BCUT2D eigenvalue weighted by Crippen LogP contribution is 2.30. The van der Waals surface area contributed by atoms with Crippen molar-refractivity contribution in [3.8, 4) is 11.4 Å². The van der Waals surface area contributed by atoms with Crippen LogP contribution in [0.15, 0.2) is 41.1 Å². The monoisotopic (exact) mass is 477 g/mol. The first kappa shape index (κ1) is 23.7. The molecular formula is C23H23F4N5O2. The number of carbonyl (C=O) groups is 1. The third-order valence-electron chi connectivity index (χ3n) is 5.72.